The number of benzene rings is 1. The first-order valence-corrected chi connectivity index (χ1v) is 3.16. The molecule has 0 bridgehead atoms. The van der Waals surface area contributed by atoms with Crippen molar-refractivity contribution >= 4 is 12.3 Å². The number of hydrogen-bond donors (Lipinski definition) is 0. The molecule has 0 fully saturated rings. The summed E-state index contributed by atoms with van der Waals surface area (Å²) in [5, 5.41) is 0. The van der Waals surface area contributed by atoms with Crippen LogP contribution in [-0.2, 0) is 4.94 Å². The van der Waals surface area contributed by atoms with Gasteiger partial charge in [0.25, 0.3) is 0 Å². The van der Waals surface area contributed by atoms with Gasteiger partial charge >= 0.3 is 5.97 Å². The summed E-state index contributed by atoms with van der Waals surface area (Å²) >= 11 is 0. The lowest BCUT2D eigenvalue weighted by Crippen LogP contribution is -1.98. The summed E-state index contributed by atoms with van der Waals surface area (Å²) in [6.07, 6.45) is 0.630. The molecular formula is C8H5FO3. The second-order valence-electron chi connectivity index (χ2n) is 2.10. The van der Waals surface area contributed by atoms with Crippen molar-refractivity contribution in [2.24, 2.45) is 0 Å². The highest BCUT2D eigenvalue weighted by atomic mass is 19.3. The molecule has 12 heavy (non-hydrogen) atoms. The first-order valence-electron chi connectivity index (χ1n) is 3.16. The lowest BCUT2D eigenvalue weighted by atomic mass is 10.1. The number of halogens is 1. The highest BCUT2D eigenvalue weighted by Gasteiger charge is 2.05. The molecule has 4 heteroatoms. The standard InChI is InChI=1S/C8H5FO3/c9-12-8(11)7-3-1-6(5-10)2-4-7/h1-5H. The van der Waals surface area contributed by atoms with Crippen molar-refractivity contribution < 1.29 is 19.1 Å². The van der Waals surface area contributed by atoms with Gasteiger partial charge in [-0.05, 0) is 12.1 Å². The zero-order valence-electron chi connectivity index (χ0n) is 5.99. The molecule has 0 aromatic heterocycles. The Morgan fingerprint density at radius 3 is 2.33 bits per heavy atom. The molecule has 0 unspecified atom stereocenters. The minimum absolute atomic E-state index is 0.0723. The highest BCUT2D eigenvalue weighted by Crippen LogP contribution is 2.04. The van der Waals surface area contributed by atoms with Crippen molar-refractivity contribution in [3.05, 3.63) is 35.4 Å². The zero-order chi connectivity index (χ0) is 8.97. The molecule has 1 rings (SSSR count). The van der Waals surface area contributed by atoms with Crippen molar-refractivity contribution in [1.82, 2.24) is 0 Å². The van der Waals surface area contributed by atoms with Gasteiger partial charge in [-0.15, -0.1) is 0 Å². The average molecular weight is 168 g/mol. The first-order chi connectivity index (χ1) is 5.77. The maximum absolute atomic E-state index is 11.3. The fraction of sp³-hybridized carbons (Fsp3) is 0. The van der Waals surface area contributed by atoms with Crippen LogP contribution < -0.4 is 0 Å². The molecular weight excluding hydrogens is 163 g/mol. The lowest BCUT2D eigenvalue weighted by molar-refractivity contribution is -0.0788. The molecule has 0 spiro atoms. The molecule has 0 radical (unpaired) electrons. The molecule has 0 heterocycles. The summed E-state index contributed by atoms with van der Waals surface area (Å²) in [6.45, 7) is 0. The number of rotatable bonds is 2. The van der Waals surface area contributed by atoms with Crippen molar-refractivity contribution in [1.29, 1.82) is 0 Å². The van der Waals surface area contributed by atoms with E-state index in [2.05, 4.69) is 4.94 Å². The number of carbonyl (C=O) groups excluding carboxylic acids is 2. The van der Waals surface area contributed by atoms with Gasteiger partial charge in [-0.3, -0.25) is 4.79 Å². The SMILES string of the molecule is O=Cc1ccc(C(=O)OF)cc1. The molecule has 0 aliphatic rings. The largest absolute Gasteiger partial charge is 0.379 e. The molecule has 0 N–H and O–H groups in total. The van der Waals surface area contributed by atoms with Gasteiger partial charge in [0.2, 0.25) is 0 Å². The monoisotopic (exact) mass is 168 g/mol. The molecule has 0 saturated heterocycles. The van der Waals surface area contributed by atoms with Crippen LogP contribution in [0, 0.1) is 0 Å². The summed E-state index contributed by atoms with van der Waals surface area (Å²) in [5.74, 6) is -1.06. The van der Waals surface area contributed by atoms with E-state index in [4.69, 9.17) is 0 Å². The summed E-state index contributed by atoms with van der Waals surface area (Å²) in [6, 6.07) is 5.43. The van der Waals surface area contributed by atoms with Gasteiger partial charge in [0.1, 0.15) is 6.29 Å². The summed E-state index contributed by atoms with van der Waals surface area (Å²) < 4.78 is 11.3. The Hall–Kier alpha value is -1.71. The maximum Gasteiger partial charge on any atom is 0.379 e. The second kappa shape index (κ2) is 3.61. The van der Waals surface area contributed by atoms with E-state index in [-0.39, 0.29) is 5.56 Å². The van der Waals surface area contributed by atoms with E-state index < -0.39 is 5.97 Å². The van der Waals surface area contributed by atoms with Gasteiger partial charge in [-0.25, -0.2) is 9.74 Å². The Bertz CT molecular complexity index is 292. The number of hydrogen-bond acceptors (Lipinski definition) is 3. The highest BCUT2D eigenvalue weighted by molar-refractivity contribution is 5.89. The number of aldehydes is 1. The Morgan fingerprint density at radius 1 is 1.33 bits per heavy atom. The predicted octanol–water partition coefficient (Wildman–Crippen LogP) is 1.54. The summed E-state index contributed by atoms with van der Waals surface area (Å²) in [7, 11) is 0. The molecule has 0 saturated carbocycles. The Labute approximate surface area is 67.7 Å². The van der Waals surface area contributed by atoms with E-state index in [9.17, 15) is 14.1 Å². The smallest absolute Gasteiger partial charge is 0.298 e. The molecule has 1 aromatic carbocycles. The average Bonchev–Trinajstić information content (AvgIpc) is 2.17. The third-order valence-corrected chi connectivity index (χ3v) is 1.35. The van der Waals surface area contributed by atoms with Gasteiger partial charge in [-0.2, -0.15) is 0 Å². The van der Waals surface area contributed by atoms with E-state index >= 15 is 0 Å². The zero-order valence-corrected chi connectivity index (χ0v) is 5.99. The van der Waals surface area contributed by atoms with E-state index in [1.807, 2.05) is 0 Å². The topological polar surface area (TPSA) is 43.4 Å². The molecule has 3 nitrogen and oxygen atoms in total. The molecule has 0 atom stereocenters. The fourth-order valence-electron chi connectivity index (χ4n) is 0.742. The maximum atomic E-state index is 11.3. The van der Waals surface area contributed by atoms with Crippen LogP contribution in [0.5, 0.6) is 0 Å². The van der Waals surface area contributed by atoms with Crippen LogP contribution in [0.2, 0.25) is 0 Å². The normalized spacial score (nSPS) is 9.08. The van der Waals surface area contributed by atoms with Crippen molar-refractivity contribution in [3.63, 3.8) is 0 Å². The second-order valence-corrected chi connectivity index (χ2v) is 2.10. The van der Waals surface area contributed by atoms with Crippen molar-refractivity contribution in [3.8, 4) is 0 Å². The third-order valence-electron chi connectivity index (χ3n) is 1.35. The van der Waals surface area contributed by atoms with Crippen LogP contribution in [-0.4, -0.2) is 12.3 Å². The van der Waals surface area contributed by atoms with E-state index in [0.29, 0.717) is 11.8 Å². The number of carbonyl (C=O) groups is 2. The quantitative estimate of drug-likeness (QED) is 0.629. The minimum atomic E-state index is -1.06. The molecule has 0 aliphatic heterocycles. The third kappa shape index (κ3) is 1.66. The fourth-order valence-corrected chi connectivity index (χ4v) is 0.742. The van der Waals surface area contributed by atoms with Gasteiger partial charge in [-0.1, -0.05) is 12.1 Å². The van der Waals surface area contributed by atoms with Crippen LogP contribution in [0.4, 0.5) is 4.53 Å². The van der Waals surface area contributed by atoms with Crippen LogP contribution in [0.15, 0.2) is 24.3 Å². The molecule has 0 amide bonds. The molecule has 0 aliphatic carbocycles. The Kier molecular flexibility index (Phi) is 2.53. The van der Waals surface area contributed by atoms with Crippen LogP contribution in [0.1, 0.15) is 20.7 Å². The van der Waals surface area contributed by atoms with Gasteiger partial charge < -0.3 is 0 Å². The van der Waals surface area contributed by atoms with E-state index in [1.165, 1.54) is 24.3 Å². The van der Waals surface area contributed by atoms with Crippen LogP contribution in [0.3, 0.4) is 0 Å². The van der Waals surface area contributed by atoms with Gasteiger partial charge in [0.05, 0.1) is 5.56 Å². The Morgan fingerprint density at radius 2 is 1.92 bits per heavy atom. The predicted molar refractivity (Wildman–Crippen MR) is 38.4 cm³/mol. The van der Waals surface area contributed by atoms with Crippen molar-refractivity contribution in [2.45, 2.75) is 0 Å². The van der Waals surface area contributed by atoms with Crippen LogP contribution >= 0.6 is 0 Å². The van der Waals surface area contributed by atoms with Crippen LogP contribution in [0.25, 0.3) is 0 Å². The van der Waals surface area contributed by atoms with E-state index in [1.54, 1.807) is 0 Å². The van der Waals surface area contributed by atoms with Crippen molar-refractivity contribution in [2.75, 3.05) is 0 Å². The first kappa shape index (κ1) is 8.39. The Balaban J connectivity index is 2.91. The summed E-state index contributed by atoms with van der Waals surface area (Å²) in [5.41, 5.74) is 0.494. The van der Waals surface area contributed by atoms with Gasteiger partial charge in [0, 0.05) is 10.1 Å². The molecule has 62 valence electrons. The molecule has 1 aromatic rings. The minimum Gasteiger partial charge on any atom is -0.298 e. The van der Waals surface area contributed by atoms with Gasteiger partial charge in [0.15, 0.2) is 0 Å². The van der Waals surface area contributed by atoms with E-state index in [0.717, 1.165) is 0 Å². The lowest BCUT2D eigenvalue weighted by Gasteiger charge is -1.93. The summed E-state index contributed by atoms with van der Waals surface area (Å²) in [4.78, 5) is 23.7.